The number of carbonyl (C=O) groups is 1. The topological polar surface area (TPSA) is 160 Å². The van der Waals surface area contributed by atoms with Crippen LogP contribution in [0.5, 0.6) is 0 Å². The number of nitrogens with zero attached hydrogens (tertiary/aromatic N) is 6. The van der Waals surface area contributed by atoms with Gasteiger partial charge in [0.2, 0.25) is 0 Å². The van der Waals surface area contributed by atoms with Gasteiger partial charge < -0.3 is 29.5 Å². The number of carbonyl (C=O) groups excluding carboxylic acids is 1. The standard InChI is InChI=1S/C13H13FN2O.C12H11FN2O2.C10H8BrFN2O.C7H8BrFN2.C2H6/c1-4-5-9-10(14)6-7-11-12(9)16(3)13(17)8(2)15-11;1-7-12(17)15(2)11-8(5-6-16)9(13)3-4-10(11)14-7;1-5-10(15)14(2)9-7(13-5)4-3-6(12)8(9)11;1-11-7-5(10)3-2-4(9)6(7)8;1-2/h4,6-7H,1,5H2,2-3H3;3-4,6H,5H2,1-2H3;3-4H,1-2H3;2-3,11H,10H2,1H3;1-2H3. The minimum atomic E-state index is -0.495. The van der Waals surface area contributed by atoms with Crippen LogP contribution < -0.4 is 27.7 Å². The number of hydrogen-bond donors (Lipinski definition) is 2. The molecular formula is C44H46Br2F4N8O4. The maximum Gasteiger partial charge on any atom is 0.272 e. The van der Waals surface area contributed by atoms with Crippen molar-refractivity contribution in [3.63, 3.8) is 0 Å². The fraction of sp³-hybridized carbons (Fsp3) is 0.250. The minimum Gasteiger partial charge on any atom is -0.397 e. The van der Waals surface area contributed by atoms with Gasteiger partial charge in [-0.25, -0.2) is 32.5 Å². The molecule has 0 aliphatic rings. The van der Waals surface area contributed by atoms with Crippen LogP contribution in [0.2, 0.25) is 0 Å². The molecule has 3 aromatic heterocycles. The summed E-state index contributed by atoms with van der Waals surface area (Å²) in [4.78, 5) is 58.1. The number of rotatable bonds is 5. The Balaban J connectivity index is 0.000000220. The predicted octanol–water partition coefficient (Wildman–Crippen LogP) is 8.61. The number of aryl methyl sites for hydroxylation is 6. The number of halogens is 6. The summed E-state index contributed by atoms with van der Waals surface area (Å²) in [5.41, 5.74) is 11.0. The van der Waals surface area contributed by atoms with Crippen LogP contribution in [-0.2, 0) is 38.8 Å². The largest absolute Gasteiger partial charge is 0.397 e. The quantitative estimate of drug-likeness (QED) is 0.0746. The van der Waals surface area contributed by atoms with E-state index in [1.807, 2.05) is 13.8 Å². The Labute approximate surface area is 371 Å². The Morgan fingerprint density at radius 2 is 0.984 bits per heavy atom. The van der Waals surface area contributed by atoms with Crippen molar-refractivity contribution in [2.45, 2.75) is 47.5 Å². The molecule has 0 aliphatic heterocycles. The van der Waals surface area contributed by atoms with E-state index in [1.165, 1.54) is 50.1 Å². The molecule has 3 heterocycles. The third kappa shape index (κ3) is 10.9. The van der Waals surface area contributed by atoms with Crippen LogP contribution in [0.1, 0.15) is 42.1 Å². The molecule has 62 heavy (non-hydrogen) atoms. The number of nitrogen functional groups attached to an aromatic ring is 1. The van der Waals surface area contributed by atoms with Crippen LogP contribution in [0.25, 0.3) is 33.1 Å². The van der Waals surface area contributed by atoms with Crippen LogP contribution in [-0.4, -0.2) is 42.0 Å². The van der Waals surface area contributed by atoms with Crippen molar-refractivity contribution in [1.29, 1.82) is 0 Å². The summed E-state index contributed by atoms with van der Waals surface area (Å²) in [6, 6.07) is 11.4. The highest BCUT2D eigenvalue weighted by Gasteiger charge is 2.15. The molecule has 12 nitrogen and oxygen atoms in total. The molecule has 18 heteroatoms. The van der Waals surface area contributed by atoms with Gasteiger partial charge in [-0.3, -0.25) is 14.4 Å². The fourth-order valence-corrected chi connectivity index (χ4v) is 7.38. The first-order valence-electron chi connectivity index (χ1n) is 18.9. The van der Waals surface area contributed by atoms with Gasteiger partial charge in [-0.15, -0.1) is 6.58 Å². The number of hydrogen-bond acceptors (Lipinski definition) is 9. The van der Waals surface area contributed by atoms with Crippen molar-refractivity contribution < 1.29 is 22.4 Å². The normalized spacial score (nSPS) is 10.4. The first-order chi connectivity index (χ1) is 29.3. The van der Waals surface area contributed by atoms with Crippen molar-refractivity contribution in [1.82, 2.24) is 28.7 Å². The second-order valence-corrected chi connectivity index (χ2v) is 14.7. The van der Waals surface area contributed by atoms with E-state index in [-0.39, 0.29) is 44.8 Å². The van der Waals surface area contributed by atoms with Crippen molar-refractivity contribution in [3.05, 3.63) is 153 Å². The summed E-state index contributed by atoms with van der Waals surface area (Å²) in [6.45, 7) is 12.5. The van der Waals surface area contributed by atoms with E-state index in [1.54, 1.807) is 67.2 Å². The molecule has 0 unspecified atom stereocenters. The van der Waals surface area contributed by atoms with Crippen LogP contribution in [0, 0.1) is 44.0 Å². The van der Waals surface area contributed by atoms with Gasteiger partial charge in [0, 0.05) is 45.7 Å². The lowest BCUT2D eigenvalue weighted by Crippen LogP contribution is -2.22. The molecular weight excluding hydrogens is 940 g/mol. The third-order valence-electron chi connectivity index (χ3n) is 9.18. The van der Waals surface area contributed by atoms with E-state index in [2.05, 4.69) is 58.7 Å². The van der Waals surface area contributed by atoms with Gasteiger partial charge in [0.15, 0.2) is 0 Å². The molecule has 0 saturated heterocycles. The van der Waals surface area contributed by atoms with E-state index in [0.717, 1.165) is 0 Å². The van der Waals surface area contributed by atoms with Gasteiger partial charge in [0.1, 0.15) is 46.6 Å². The van der Waals surface area contributed by atoms with E-state index < -0.39 is 11.6 Å². The number of nitrogens with two attached hydrogens (primary N) is 1. The minimum absolute atomic E-state index is 0.0683. The smallest absolute Gasteiger partial charge is 0.272 e. The lowest BCUT2D eigenvalue weighted by Gasteiger charge is -2.10. The predicted molar refractivity (Wildman–Crippen MR) is 246 cm³/mol. The van der Waals surface area contributed by atoms with Gasteiger partial charge >= 0.3 is 0 Å². The molecule has 0 radical (unpaired) electrons. The Bertz CT molecular complexity index is 2870. The van der Waals surface area contributed by atoms with Gasteiger partial charge in [0.05, 0.1) is 53.4 Å². The second kappa shape index (κ2) is 22.2. The van der Waals surface area contributed by atoms with Gasteiger partial charge in [-0.05, 0) is 108 Å². The number of fused-ring (bicyclic) bond motifs is 3. The molecule has 0 aliphatic carbocycles. The molecule has 7 rings (SSSR count). The van der Waals surface area contributed by atoms with Gasteiger partial charge in [0.25, 0.3) is 16.7 Å². The van der Waals surface area contributed by atoms with E-state index in [0.29, 0.717) is 84.3 Å². The molecule has 328 valence electrons. The average Bonchev–Trinajstić information content (AvgIpc) is 3.25. The summed E-state index contributed by atoms with van der Waals surface area (Å²) >= 11 is 6.19. The second-order valence-electron chi connectivity index (χ2n) is 13.1. The lowest BCUT2D eigenvalue weighted by atomic mass is 10.1. The summed E-state index contributed by atoms with van der Waals surface area (Å²) in [6.07, 6.45) is 2.53. The van der Waals surface area contributed by atoms with Crippen LogP contribution in [0.3, 0.4) is 0 Å². The Morgan fingerprint density at radius 1 is 0.629 bits per heavy atom. The summed E-state index contributed by atoms with van der Waals surface area (Å²) < 4.78 is 58.2. The number of aromatic nitrogens is 6. The summed E-state index contributed by atoms with van der Waals surface area (Å²) in [5, 5.41) is 2.79. The number of allylic oxidation sites excluding steroid dienone is 1. The Hall–Kier alpha value is -6.01. The number of nitrogens with one attached hydrogen (secondary N) is 1. The molecule has 0 bridgehead atoms. The zero-order chi connectivity index (χ0) is 46.7. The molecule has 0 fully saturated rings. The van der Waals surface area contributed by atoms with Gasteiger partial charge in [-0.1, -0.05) is 19.9 Å². The van der Waals surface area contributed by atoms with Crippen molar-refractivity contribution in [2.24, 2.45) is 21.1 Å². The summed E-state index contributed by atoms with van der Waals surface area (Å²) in [5.74, 6) is -1.55. The van der Waals surface area contributed by atoms with Gasteiger partial charge in [-0.2, -0.15) is 0 Å². The number of benzene rings is 4. The van der Waals surface area contributed by atoms with Crippen LogP contribution in [0.4, 0.5) is 28.9 Å². The van der Waals surface area contributed by atoms with Crippen LogP contribution >= 0.6 is 31.9 Å². The SMILES string of the molecule is C=CCc1c(F)ccc2nc(C)c(=O)n(C)c12.CC.CNc1c(N)ccc(F)c1Br.Cc1nc2ccc(F)c(Br)c2n(C)c1=O.Cc1nc2ccc(F)c(CC=O)c2n(C)c1=O. The molecule has 0 amide bonds. The first-order valence-corrected chi connectivity index (χ1v) is 20.5. The first kappa shape index (κ1) is 50.3. The fourth-order valence-electron chi connectivity index (χ4n) is 6.22. The zero-order valence-corrected chi connectivity index (χ0v) is 38.7. The highest BCUT2D eigenvalue weighted by Crippen LogP contribution is 2.30. The Morgan fingerprint density at radius 3 is 1.37 bits per heavy atom. The van der Waals surface area contributed by atoms with E-state index in [9.17, 15) is 36.7 Å². The summed E-state index contributed by atoms with van der Waals surface area (Å²) in [7, 11) is 6.47. The van der Waals surface area contributed by atoms with Crippen molar-refractivity contribution in [3.8, 4) is 0 Å². The molecule has 0 atom stereocenters. The molecule has 0 spiro atoms. The van der Waals surface area contributed by atoms with E-state index >= 15 is 0 Å². The van der Waals surface area contributed by atoms with E-state index in [4.69, 9.17) is 5.73 Å². The monoisotopic (exact) mass is 984 g/mol. The van der Waals surface area contributed by atoms with Crippen LogP contribution in [0.15, 0.2) is 84.5 Å². The number of anilines is 2. The highest BCUT2D eigenvalue weighted by molar-refractivity contribution is 9.11. The lowest BCUT2D eigenvalue weighted by molar-refractivity contribution is -0.107. The Kier molecular flexibility index (Phi) is 18.0. The average molecular weight is 987 g/mol. The third-order valence-corrected chi connectivity index (χ3v) is 10.7. The maximum atomic E-state index is 13.7. The highest BCUT2D eigenvalue weighted by atomic mass is 79.9. The zero-order valence-electron chi connectivity index (χ0n) is 35.6. The maximum absolute atomic E-state index is 13.7. The molecule has 0 saturated carbocycles. The van der Waals surface area contributed by atoms with Crippen molar-refractivity contribution >= 4 is 82.6 Å². The number of aldehydes is 1. The molecule has 4 aromatic carbocycles. The molecule has 7 aromatic rings. The molecule has 3 N–H and O–H groups in total. The van der Waals surface area contributed by atoms with Crippen molar-refractivity contribution in [2.75, 3.05) is 18.1 Å².